The van der Waals surface area contributed by atoms with Gasteiger partial charge in [0.05, 0.1) is 49.4 Å². The number of rotatable bonds is 8. The molecule has 3 aromatic heterocycles. The molecule has 5 aliphatic heterocycles. The first-order valence-corrected chi connectivity index (χ1v) is 14.1. The SMILES string of the molecule is CCCN1C2CC1CN(c1ccc(-c3cc(OCCC4COC5C(O)COC45)cn4ncc(C#N)c34)cn1)C2. The molecule has 8 heterocycles. The summed E-state index contributed by atoms with van der Waals surface area (Å²) in [6, 6.07) is 9.67. The van der Waals surface area contributed by atoms with E-state index in [-0.39, 0.29) is 18.1 Å². The number of pyridine rings is 2. The van der Waals surface area contributed by atoms with E-state index >= 15 is 0 Å². The van der Waals surface area contributed by atoms with Gasteiger partial charge in [-0.1, -0.05) is 6.92 Å². The second-order valence-corrected chi connectivity index (χ2v) is 11.2. The molecule has 10 nitrogen and oxygen atoms in total. The summed E-state index contributed by atoms with van der Waals surface area (Å²) in [6.45, 7) is 6.86. The average Bonchev–Trinajstić information content (AvgIpc) is 3.68. The van der Waals surface area contributed by atoms with Gasteiger partial charge in [-0.2, -0.15) is 10.4 Å². The van der Waals surface area contributed by atoms with Crippen LogP contribution in [0, 0.1) is 17.2 Å². The largest absolute Gasteiger partial charge is 0.492 e. The fourth-order valence-corrected chi connectivity index (χ4v) is 6.84. The van der Waals surface area contributed by atoms with Crippen LogP contribution in [0.1, 0.15) is 31.7 Å². The Balaban J connectivity index is 1.08. The highest BCUT2D eigenvalue weighted by atomic mass is 16.6. The van der Waals surface area contributed by atoms with Gasteiger partial charge in [-0.05, 0) is 44.0 Å². The quantitative estimate of drug-likeness (QED) is 0.470. The summed E-state index contributed by atoms with van der Waals surface area (Å²) in [4.78, 5) is 9.87. The van der Waals surface area contributed by atoms with Crippen LogP contribution in [-0.4, -0.2) is 94.5 Å². The molecule has 0 aromatic carbocycles. The lowest BCUT2D eigenvalue weighted by Gasteiger charge is -2.56. The molecule has 0 saturated carbocycles. The van der Waals surface area contributed by atoms with Crippen molar-refractivity contribution in [1.29, 1.82) is 5.26 Å². The molecule has 0 amide bonds. The fraction of sp³-hybridized carbons (Fsp3) is 0.552. The molecular formula is C29H34N6O4. The molecule has 6 atom stereocenters. The first kappa shape index (κ1) is 24.8. The minimum absolute atomic E-state index is 0.0731. The lowest BCUT2D eigenvalue weighted by atomic mass is 9.87. The zero-order chi connectivity index (χ0) is 26.5. The molecular weight excluding hydrogens is 496 g/mol. The highest BCUT2D eigenvalue weighted by Gasteiger charge is 2.47. The molecule has 2 bridgehead atoms. The maximum Gasteiger partial charge on any atom is 0.138 e. The molecule has 6 unspecified atom stereocenters. The van der Waals surface area contributed by atoms with Crippen LogP contribution in [0.5, 0.6) is 5.75 Å². The van der Waals surface area contributed by atoms with E-state index in [1.54, 1.807) is 10.7 Å². The number of nitriles is 1. The van der Waals surface area contributed by atoms with Gasteiger partial charge in [0.15, 0.2) is 0 Å². The van der Waals surface area contributed by atoms with Crippen molar-refractivity contribution in [3.05, 3.63) is 42.4 Å². The second kappa shape index (κ2) is 10.1. The highest BCUT2D eigenvalue weighted by molar-refractivity contribution is 5.85. The van der Waals surface area contributed by atoms with Gasteiger partial charge >= 0.3 is 0 Å². The summed E-state index contributed by atoms with van der Waals surface area (Å²) in [6.07, 6.45) is 7.70. The summed E-state index contributed by atoms with van der Waals surface area (Å²) in [7, 11) is 0. The number of nitrogens with zero attached hydrogens (tertiary/aromatic N) is 6. The number of piperazine rings is 1. The van der Waals surface area contributed by atoms with Gasteiger partial charge in [-0.25, -0.2) is 9.50 Å². The molecule has 39 heavy (non-hydrogen) atoms. The van der Waals surface area contributed by atoms with Crippen LogP contribution in [0.15, 0.2) is 36.8 Å². The van der Waals surface area contributed by atoms with Crippen molar-refractivity contribution < 1.29 is 19.3 Å². The number of aromatic nitrogens is 3. The van der Waals surface area contributed by atoms with Gasteiger partial charge in [0.2, 0.25) is 0 Å². The molecule has 5 saturated heterocycles. The molecule has 0 radical (unpaired) electrons. The first-order valence-electron chi connectivity index (χ1n) is 14.1. The normalized spacial score (nSPS) is 29.8. The maximum absolute atomic E-state index is 9.99. The van der Waals surface area contributed by atoms with Gasteiger partial charge in [-0.3, -0.25) is 4.90 Å². The van der Waals surface area contributed by atoms with Gasteiger partial charge in [0.1, 0.15) is 29.8 Å². The Bertz CT molecular complexity index is 1370. The monoisotopic (exact) mass is 530 g/mol. The van der Waals surface area contributed by atoms with Crippen LogP contribution in [-0.2, 0) is 9.47 Å². The third-order valence-electron chi connectivity index (χ3n) is 8.80. The molecule has 0 aliphatic carbocycles. The van der Waals surface area contributed by atoms with E-state index in [2.05, 4.69) is 40.0 Å². The van der Waals surface area contributed by atoms with E-state index < -0.39 is 6.10 Å². The summed E-state index contributed by atoms with van der Waals surface area (Å²) in [5.41, 5.74) is 3.04. The predicted octanol–water partition coefficient (Wildman–Crippen LogP) is 2.48. The zero-order valence-corrected chi connectivity index (χ0v) is 22.1. The summed E-state index contributed by atoms with van der Waals surface area (Å²) >= 11 is 0. The van der Waals surface area contributed by atoms with Gasteiger partial charge < -0.3 is 24.2 Å². The number of aliphatic hydroxyl groups excluding tert-OH is 1. The number of piperidine rings is 1. The minimum atomic E-state index is -0.545. The topological polar surface area (TPSA) is 108 Å². The first-order chi connectivity index (χ1) is 19.1. The van der Waals surface area contributed by atoms with E-state index in [0.29, 0.717) is 43.2 Å². The van der Waals surface area contributed by atoms with E-state index in [1.165, 1.54) is 19.4 Å². The number of hydrogen-bond acceptors (Lipinski definition) is 9. The molecule has 0 spiro atoms. The smallest absolute Gasteiger partial charge is 0.138 e. The van der Waals surface area contributed by atoms with E-state index in [9.17, 15) is 10.4 Å². The number of hydrogen-bond donors (Lipinski definition) is 1. The fourth-order valence-electron chi connectivity index (χ4n) is 6.84. The number of fused-ring (bicyclic) bond motifs is 4. The van der Waals surface area contributed by atoms with Crippen molar-refractivity contribution in [3.63, 3.8) is 0 Å². The van der Waals surface area contributed by atoms with Crippen molar-refractivity contribution >= 4 is 11.3 Å². The van der Waals surface area contributed by atoms with Gasteiger partial charge in [-0.15, -0.1) is 0 Å². The molecule has 1 N–H and O–H groups in total. The average molecular weight is 531 g/mol. The van der Waals surface area contributed by atoms with Gasteiger partial charge in [0, 0.05) is 48.4 Å². The van der Waals surface area contributed by atoms with Crippen molar-refractivity contribution in [1.82, 2.24) is 19.5 Å². The standard InChI is InChI=1S/C29H34N6O4/c1-2-6-34-21-8-22(34)14-33(13-21)26-4-3-18(11-31-26)24-9-23(15-35-27(24)20(10-30)12-32-35)37-7-5-19-16-38-29-25(36)17-39-28(19)29/h3-4,9,11-12,15,19,21-22,25,28-29,36H,2,5-8,13-14,16-17H2,1H3. The Morgan fingerprint density at radius 3 is 2.77 bits per heavy atom. The molecule has 8 rings (SSSR count). The van der Waals surface area contributed by atoms with E-state index in [1.807, 2.05) is 18.5 Å². The molecule has 10 heteroatoms. The van der Waals surface area contributed by atoms with Crippen LogP contribution in [0.25, 0.3) is 16.6 Å². The lowest BCUT2D eigenvalue weighted by molar-refractivity contribution is -0.000558. The Labute approximate surface area is 227 Å². The van der Waals surface area contributed by atoms with Crippen LogP contribution in [0.2, 0.25) is 0 Å². The van der Waals surface area contributed by atoms with E-state index in [4.69, 9.17) is 19.2 Å². The Morgan fingerprint density at radius 1 is 1.15 bits per heavy atom. The molecule has 3 aromatic rings. The lowest BCUT2D eigenvalue weighted by Crippen LogP contribution is -2.68. The van der Waals surface area contributed by atoms with Crippen molar-refractivity contribution in [3.8, 4) is 22.9 Å². The van der Waals surface area contributed by atoms with Crippen molar-refractivity contribution in [2.24, 2.45) is 5.92 Å². The Kier molecular flexibility index (Phi) is 6.40. The molecule has 5 fully saturated rings. The Hall–Kier alpha value is -3.23. The van der Waals surface area contributed by atoms with Crippen molar-refractivity contribution in [2.75, 3.05) is 44.4 Å². The summed E-state index contributed by atoms with van der Waals surface area (Å²) in [5, 5.41) is 24.1. The zero-order valence-electron chi connectivity index (χ0n) is 22.1. The third-order valence-corrected chi connectivity index (χ3v) is 8.80. The highest BCUT2D eigenvalue weighted by Crippen LogP contribution is 2.36. The maximum atomic E-state index is 9.99. The van der Waals surface area contributed by atoms with Crippen molar-refractivity contribution in [2.45, 2.75) is 56.6 Å². The number of ether oxygens (including phenoxy) is 3. The Morgan fingerprint density at radius 2 is 2.00 bits per heavy atom. The van der Waals surface area contributed by atoms with E-state index in [0.717, 1.165) is 42.0 Å². The number of aliphatic hydroxyl groups is 1. The molecule has 204 valence electrons. The minimum Gasteiger partial charge on any atom is -0.492 e. The second-order valence-electron chi connectivity index (χ2n) is 11.2. The third kappa shape index (κ3) is 4.34. The summed E-state index contributed by atoms with van der Waals surface area (Å²) in [5.74, 6) is 1.86. The predicted molar refractivity (Wildman–Crippen MR) is 144 cm³/mol. The van der Waals surface area contributed by atoms with Crippen LogP contribution < -0.4 is 9.64 Å². The van der Waals surface area contributed by atoms with Crippen LogP contribution in [0.3, 0.4) is 0 Å². The summed E-state index contributed by atoms with van der Waals surface area (Å²) < 4.78 is 19.4. The number of anilines is 1. The van der Waals surface area contributed by atoms with Gasteiger partial charge in [0.25, 0.3) is 0 Å². The van der Waals surface area contributed by atoms with Crippen LogP contribution >= 0.6 is 0 Å². The molecule has 5 aliphatic rings. The van der Waals surface area contributed by atoms with Crippen LogP contribution in [0.4, 0.5) is 5.82 Å².